The van der Waals surface area contributed by atoms with Crippen LogP contribution in [0.4, 0.5) is 47.3 Å². The summed E-state index contributed by atoms with van der Waals surface area (Å²) in [6.45, 7) is 21.9. The Hall–Kier alpha value is -13.7. The fourth-order valence-electron chi connectivity index (χ4n) is 14.7. The number of aliphatic hydroxyl groups is 1. The van der Waals surface area contributed by atoms with Gasteiger partial charge in [0, 0.05) is 147 Å². The first-order valence-electron chi connectivity index (χ1n) is 43.0. The summed E-state index contributed by atoms with van der Waals surface area (Å²) in [5, 5.41) is 51.6. The summed E-state index contributed by atoms with van der Waals surface area (Å²) in [6, 6.07) is 84.6. The van der Waals surface area contributed by atoms with Crippen LogP contribution >= 0.6 is 46.5 Å². The average molecular weight is 1840 g/mol. The summed E-state index contributed by atoms with van der Waals surface area (Å²) in [5.41, 5.74) is 16.0. The number of carbonyl (C=O) groups is 3. The third kappa shape index (κ3) is 24.5. The van der Waals surface area contributed by atoms with E-state index in [1.54, 1.807) is 39.0 Å². The highest BCUT2D eigenvalue weighted by Crippen LogP contribution is 2.48. The number of carbonyl (C=O) groups excluding carboxylic acids is 3. The number of nitro groups is 2. The molecule has 0 atom stereocenters. The van der Waals surface area contributed by atoms with Crippen LogP contribution in [0.1, 0.15) is 136 Å². The van der Waals surface area contributed by atoms with E-state index in [0.717, 1.165) is 94.3 Å². The minimum Gasteiger partial charge on any atom is -0.509 e. The SMILES string of the molecule is CC(C)(C)C(O)=C(N=Nc1ccc([N+](=O)[O-])cc1)C(=O)CCC(F)(F)F.CCC(=Cc1sc2ccccc2[n+]1CC)C=C1Sc2ccccc2N1CC.CCCCN1C(=Cc2ccc3ccccc3[n+]2CC)Sc2ccccc21.Cc1ccc(C(=O)c2ccc(N(C)C)cc2)c2ccccc12.O=C(N/N=C/c1ccc([N+](=O)[O-])cc1)c1[nH]c2ccc(Cl)cc2c1-c1ccccc1. The van der Waals surface area contributed by atoms with Crippen molar-refractivity contribution in [3.05, 3.63) is 364 Å². The molecule has 0 aliphatic carbocycles. The Morgan fingerprint density at radius 2 is 1.25 bits per heavy atom. The molecule has 20 nitrogen and oxygen atoms in total. The maximum atomic E-state index is 12.8. The van der Waals surface area contributed by atoms with Gasteiger partial charge in [-0.2, -0.15) is 32.5 Å². The van der Waals surface area contributed by atoms with Gasteiger partial charge in [0.25, 0.3) is 22.3 Å². The lowest BCUT2D eigenvalue weighted by Crippen LogP contribution is -2.37. The highest BCUT2D eigenvalue weighted by molar-refractivity contribution is 8.04. The van der Waals surface area contributed by atoms with Gasteiger partial charge in [-0.25, -0.2) is 5.43 Å². The molecule has 11 aromatic carbocycles. The van der Waals surface area contributed by atoms with Crippen molar-refractivity contribution in [1.82, 2.24) is 10.4 Å². The topological polar surface area (TPSA) is 240 Å². The summed E-state index contributed by atoms with van der Waals surface area (Å²) in [4.78, 5) is 70.8. The number of aryl methyl sites for hydroxylation is 3. The number of unbranched alkanes of at least 4 members (excludes halogenated alkanes) is 1. The van der Waals surface area contributed by atoms with Gasteiger partial charge < -0.3 is 24.8 Å². The van der Waals surface area contributed by atoms with E-state index >= 15 is 0 Å². The molecule has 3 N–H and O–H groups in total. The van der Waals surface area contributed by atoms with Gasteiger partial charge in [0.2, 0.25) is 16.7 Å². The van der Waals surface area contributed by atoms with Gasteiger partial charge in [-0.05, 0) is 189 Å². The van der Waals surface area contributed by atoms with E-state index in [9.17, 15) is 52.9 Å². The molecule has 0 bridgehead atoms. The van der Waals surface area contributed by atoms with Crippen molar-refractivity contribution in [2.24, 2.45) is 20.7 Å². The molecule has 2 aliphatic rings. The number of aliphatic hydroxyl groups excluding tert-OH is 1. The van der Waals surface area contributed by atoms with E-state index in [0.29, 0.717) is 16.3 Å². The maximum Gasteiger partial charge on any atom is 0.389 e. The first-order valence-corrected chi connectivity index (χ1v) is 45.8. The number of fused-ring (bicyclic) bond motifs is 6. The Bertz CT molecular complexity index is 6690. The number of hydrogen-bond donors (Lipinski definition) is 3. The van der Waals surface area contributed by atoms with Crippen molar-refractivity contribution in [3.63, 3.8) is 0 Å². The van der Waals surface area contributed by atoms with E-state index in [2.05, 4.69) is 220 Å². The van der Waals surface area contributed by atoms with E-state index in [-0.39, 0.29) is 22.8 Å². The number of non-ortho nitro benzene ring substituents is 2. The van der Waals surface area contributed by atoms with Crippen LogP contribution in [-0.4, -0.2) is 77.0 Å². The van der Waals surface area contributed by atoms with Gasteiger partial charge in [0.1, 0.15) is 29.2 Å². The molecule has 16 rings (SSSR count). The lowest BCUT2D eigenvalue weighted by Gasteiger charge is -2.20. The average Bonchev–Trinajstić information content (AvgIpc) is 1.67. The lowest BCUT2D eigenvalue weighted by molar-refractivity contribution is -0.669. The number of amides is 1. The Kier molecular flexibility index (Phi) is 32.8. The van der Waals surface area contributed by atoms with Gasteiger partial charge >= 0.3 is 6.18 Å². The Morgan fingerprint density at radius 1 is 0.649 bits per heavy atom. The monoisotopic (exact) mass is 1830 g/mol. The molecular formula is C104H102ClF3N12O8S3+2. The number of rotatable bonds is 24. The van der Waals surface area contributed by atoms with Crippen LogP contribution in [0.3, 0.4) is 0 Å². The molecule has 2 aliphatic heterocycles. The number of nitrogens with zero attached hydrogens (tertiary/aromatic N) is 10. The van der Waals surface area contributed by atoms with Crippen LogP contribution in [0.2, 0.25) is 5.02 Å². The third-order valence-corrected chi connectivity index (χ3v) is 25.2. The van der Waals surface area contributed by atoms with E-state index in [1.807, 2.05) is 151 Å². The number of nitro benzene ring substituents is 2. The van der Waals surface area contributed by atoms with Crippen LogP contribution < -0.4 is 29.3 Å². The van der Waals surface area contributed by atoms with Gasteiger partial charge in [-0.3, -0.25) is 34.6 Å². The zero-order valence-corrected chi connectivity index (χ0v) is 77.8. The van der Waals surface area contributed by atoms with Crippen molar-refractivity contribution in [2.75, 3.05) is 41.9 Å². The number of halogens is 4. The van der Waals surface area contributed by atoms with E-state index < -0.39 is 57.4 Å². The molecule has 131 heavy (non-hydrogen) atoms. The number of alkyl halides is 3. The van der Waals surface area contributed by atoms with Crippen molar-refractivity contribution in [1.29, 1.82) is 0 Å². The first kappa shape index (κ1) is 96.4. The quantitative estimate of drug-likeness (QED) is 0.00746. The summed E-state index contributed by atoms with van der Waals surface area (Å²) < 4.78 is 43.2. The molecule has 14 aromatic rings. The van der Waals surface area contributed by atoms with Gasteiger partial charge in [0.05, 0.1) is 49.6 Å². The second-order valence-corrected chi connectivity index (χ2v) is 35.4. The number of ketones is 2. The van der Waals surface area contributed by atoms with Crippen molar-refractivity contribution in [2.45, 2.75) is 123 Å². The third-order valence-electron chi connectivity index (χ3n) is 21.6. The van der Waals surface area contributed by atoms with Crippen LogP contribution in [-0.2, 0) is 17.9 Å². The number of Topliss-reactive ketones (excluding diaryl/α,β-unsaturated/α-hetero) is 1. The van der Waals surface area contributed by atoms with Gasteiger partial charge in [-0.15, -0.1) is 5.11 Å². The normalized spacial score (nSPS) is 13.3. The van der Waals surface area contributed by atoms with Gasteiger partial charge in [0.15, 0.2) is 17.3 Å². The number of benzene rings is 11. The number of H-pyrrole nitrogens is 1. The first-order chi connectivity index (χ1) is 63.0. The molecule has 0 fully saturated rings. The molecule has 0 unspecified atom stereocenters. The molecule has 5 heterocycles. The molecule has 0 saturated heterocycles. The maximum absolute atomic E-state index is 12.8. The zero-order chi connectivity index (χ0) is 93.6. The number of hydrazone groups is 1. The number of aromatic nitrogens is 3. The Balaban J connectivity index is 0.000000148. The number of pyridine rings is 1. The second-order valence-electron chi connectivity index (χ2n) is 31.8. The molecule has 0 spiro atoms. The highest BCUT2D eigenvalue weighted by Gasteiger charge is 2.33. The van der Waals surface area contributed by atoms with E-state index in [4.69, 9.17) is 11.6 Å². The predicted molar refractivity (Wildman–Crippen MR) is 529 cm³/mol. The van der Waals surface area contributed by atoms with Crippen molar-refractivity contribution < 1.29 is 51.6 Å². The molecule has 0 saturated carbocycles. The molecule has 0 radical (unpaired) electrons. The fourth-order valence-corrected chi connectivity index (χ4v) is 18.4. The Morgan fingerprint density at radius 3 is 1.88 bits per heavy atom. The van der Waals surface area contributed by atoms with Crippen LogP contribution in [0.15, 0.2) is 325 Å². The van der Waals surface area contributed by atoms with Crippen LogP contribution in [0.5, 0.6) is 0 Å². The minimum absolute atomic E-state index is 0.0135. The summed E-state index contributed by atoms with van der Waals surface area (Å²) in [6.07, 6.45) is 5.22. The van der Waals surface area contributed by atoms with Crippen molar-refractivity contribution in [3.8, 4) is 11.1 Å². The number of thioether (sulfide) groups is 2. The summed E-state index contributed by atoms with van der Waals surface area (Å²) in [5.74, 6) is -1.84. The smallest absolute Gasteiger partial charge is 0.389 e. The zero-order valence-electron chi connectivity index (χ0n) is 74.6. The number of azo groups is 1. The molecular weight excluding hydrogens is 1730 g/mol. The minimum atomic E-state index is -4.52. The largest absolute Gasteiger partial charge is 0.509 e. The standard InChI is InChI=1S/C23H25N2S2.C23H25N2S.C22H15ClN4O3.C20H19NO.C16H18F3N3O4/c1-4-17(15-22-24(5-2)18-11-7-9-13-20(18)26-22)16-23-25(6-3)19-12-8-10-14-21(19)27-23;1-3-5-16-25-21-12-8-9-13-22(21)26-23(25)17-19-15-14-18-10-6-7-11-20(18)24(19)4-2;23-16-8-11-19-18(12-16)20(15-4-2-1-3-5-15)21(25-19)22(28)26-24-13-14-6-9-17(10-7-14)27(29)30;1-14-8-13-19(18-7-5-4-6-17(14)18)20(22)15-9-11-16(12-10-15)21(2)3;1-15(2,3)14(24)13(12(23)8-9-16(17,18)19)21-20-10-4-6-11(7-5-10)22(25)26/h7-16H,4-6H2,1-3H3;6-15,17H,3-5,16H2,1-2H3;1-13,25H,(H,26,28);4-13H,1-3H3;4-7,24H,8-9H2,1-3H3/q2*+1;;;/b;;24-13+;;. The highest BCUT2D eigenvalue weighted by atomic mass is 35.5. The molecule has 1 amide bonds. The van der Waals surface area contributed by atoms with E-state index in [1.165, 1.54) is 118 Å². The summed E-state index contributed by atoms with van der Waals surface area (Å²) in [7, 11) is 3.98. The van der Waals surface area contributed by atoms with Gasteiger partial charge in [-0.1, -0.05) is 203 Å². The number of aromatic amines is 1. The lowest BCUT2D eigenvalue weighted by atomic mass is 9.91. The Labute approximate surface area is 777 Å². The van der Waals surface area contributed by atoms with Crippen LogP contribution in [0.25, 0.3) is 66.1 Å². The van der Waals surface area contributed by atoms with Crippen molar-refractivity contribution >= 4 is 159 Å². The number of para-hydroxylation sites is 4. The number of nitrogens with one attached hydrogen (secondary N) is 2. The van der Waals surface area contributed by atoms with Crippen LogP contribution in [0, 0.1) is 32.6 Å². The fraction of sp³-hybridized carbons (Fsp3) is 0.212. The molecule has 27 heteroatoms. The molecule has 3 aromatic heterocycles. The second kappa shape index (κ2) is 44.6. The molecule has 670 valence electrons. The predicted octanol–water partition coefficient (Wildman–Crippen LogP) is 27.3. The number of allylic oxidation sites excluding steroid dienone is 4. The number of thiazole rings is 1. The number of hydrogen-bond acceptors (Lipinski definition) is 17. The summed E-state index contributed by atoms with van der Waals surface area (Å²) >= 11 is 11.8. The number of anilines is 3.